The summed E-state index contributed by atoms with van der Waals surface area (Å²) in [4.78, 5) is 0. The third-order valence-electron chi connectivity index (χ3n) is 4.54. The number of aromatic amines is 1. The molecule has 0 radical (unpaired) electrons. The summed E-state index contributed by atoms with van der Waals surface area (Å²) >= 11 is 0. The highest BCUT2D eigenvalue weighted by Crippen LogP contribution is 2.30. The Bertz CT molecular complexity index is 1120. The van der Waals surface area contributed by atoms with E-state index in [1.54, 1.807) is 6.07 Å². The van der Waals surface area contributed by atoms with Crippen molar-refractivity contribution in [2.24, 2.45) is 0 Å². The van der Waals surface area contributed by atoms with Gasteiger partial charge in [0.1, 0.15) is 5.75 Å². The zero-order chi connectivity index (χ0) is 17.9. The molecule has 0 fully saturated rings. The Kier molecular flexibility index (Phi) is 4.28. The number of fused-ring (bicyclic) bond motifs is 2. The lowest BCUT2D eigenvalue weighted by Gasteiger charge is -2.07. The van der Waals surface area contributed by atoms with Crippen molar-refractivity contribution < 1.29 is 4.74 Å². The Morgan fingerprint density at radius 2 is 1.88 bits per heavy atom. The van der Waals surface area contributed by atoms with Crippen LogP contribution in [0.5, 0.6) is 5.75 Å². The maximum atomic E-state index is 9.15. The van der Waals surface area contributed by atoms with Gasteiger partial charge in [-0.1, -0.05) is 31.5 Å². The Labute approximate surface area is 152 Å². The zero-order valence-corrected chi connectivity index (χ0v) is 14.6. The molecule has 26 heavy (non-hydrogen) atoms. The van der Waals surface area contributed by atoms with E-state index in [-0.39, 0.29) is 0 Å². The quantitative estimate of drug-likeness (QED) is 0.492. The second kappa shape index (κ2) is 6.89. The Morgan fingerprint density at radius 1 is 1.04 bits per heavy atom. The molecule has 3 aromatic carbocycles. The number of nitriles is 1. The molecule has 0 saturated heterocycles. The van der Waals surface area contributed by atoms with Gasteiger partial charge in [0.15, 0.2) is 0 Å². The van der Waals surface area contributed by atoms with Crippen molar-refractivity contribution in [3.05, 3.63) is 60.2 Å². The van der Waals surface area contributed by atoms with Crippen LogP contribution in [0.15, 0.2) is 54.6 Å². The van der Waals surface area contributed by atoms with Gasteiger partial charge in [-0.15, -0.1) is 0 Å². The van der Waals surface area contributed by atoms with Crippen LogP contribution in [0.1, 0.15) is 25.3 Å². The van der Waals surface area contributed by atoms with Crippen LogP contribution >= 0.6 is 0 Å². The molecule has 4 rings (SSSR count). The lowest BCUT2D eigenvalue weighted by Crippen LogP contribution is -1.96. The summed E-state index contributed by atoms with van der Waals surface area (Å²) in [5.41, 5.74) is 3.45. The van der Waals surface area contributed by atoms with Gasteiger partial charge in [0.25, 0.3) is 0 Å². The van der Waals surface area contributed by atoms with Crippen molar-refractivity contribution in [2.75, 3.05) is 6.61 Å². The van der Waals surface area contributed by atoms with Crippen LogP contribution in [0, 0.1) is 11.3 Å². The molecule has 4 heteroatoms. The van der Waals surface area contributed by atoms with Gasteiger partial charge in [-0.25, -0.2) is 0 Å². The minimum Gasteiger partial charge on any atom is -0.494 e. The van der Waals surface area contributed by atoms with Crippen LogP contribution in [0.4, 0.5) is 0 Å². The largest absolute Gasteiger partial charge is 0.494 e. The van der Waals surface area contributed by atoms with E-state index in [9.17, 15) is 0 Å². The van der Waals surface area contributed by atoms with Crippen molar-refractivity contribution in [1.29, 1.82) is 5.26 Å². The van der Waals surface area contributed by atoms with Gasteiger partial charge >= 0.3 is 0 Å². The molecule has 1 heterocycles. The molecule has 0 bridgehead atoms. The fourth-order valence-corrected chi connectivity index (χ4v) is 3.10. The van der Waals surface area contributed by atoms with Crippen LogP contribution < -0.4 is 4.74 Å². The number of unbranched alkanes of at least 4 members (excludes halogenated alkanes) is 1. The second-order valence-corrected chi connectivity index (χ2v) is 6.37. The van der Waals surface area contributed by atoms with Crippen LogP contribution in [0.2, 0.25) is 0 Å². The predicted molar refractivity (Wildman–Crippen MR) is 104 cm³/mol. The summed E-state index contributed by atoms with van der Waals surface area (Å²) in [6, 6.07) is 20.2. The van der Waals surface area contributed by atoms with E-state index in [1.807, 2.05) is 18.2 Å². The Balaban J connectivity index is 1.72. The highest BCUT2D eigenvalue weighted by atomic mass is 16.5. The normalized spacial score (nSPS) is 10.9. The molecule has 128 valence electrons. The van der Waals surface area contributed by atoms with Crippen molar-refractivity contribution in [3.63, 3.8) is 0 Å². The Morgan fingerprint density at radius 3 is 2.73 bits per heavy atom. The molecule has 0 aliphatic rings. The maximum Gasteiger partial charge on any atom is 0.119 e. The molecule has 0 unspecified atom stereocenters. The summed E-state index contributed by atoms with van der Waals surface area (Å²) < 4.78 is 5.79. The average molecular weight is 341 g/mol. The van der Waals surface area contributed by atoms with Crippen LogP contribution in [0.25, 0.3) is 32.9 Å². The van der Waals surface area contributed by atoms with Gasteiger partial charge in [-0.2, -0.15) is 10.4 Å². The smallest absolute Gasteiger partial charge is 0.119 e. The first-order valence-electron chi connectivity index (χ1n) is 8.83. The fourth-order valence-electron chi connectivity index (χ4n) is 3.10. The summed E-state index contributed by atoms with van der Waals surface area (Å²) in [7, 11) is 0. The molecule has 0 aliphatic heterocycles. The molecule has 1 N–H and O–H groups in total. The number of hydrogen-bond donors (Lipinski definition) is 1. The topological polar surface area (TPSA) is 61.7 Å². The van der Waals surface area contributed by atoms with Crippen molar-refractivity contribution in [3.8, 4) is 23.1 Å². The van der Waals surface area contributed by atoms with Gasteiger partial charge in [0.05, 0.1) is 29.5 Å². The second-order valence-electron chi connectivity index (χ2n) is 6.37. The van der Waals surface area contributed by atoms with E-state index in [0.29, 0.717) is 5.56 Å². The zero-order valence-electron chi connectivity index (χ0n) is 14.6. The van der Waals surface area contributed by atoms with Gasteiger partial charge in [-0.05, 0) is 53.6 Å². The minimum absolute atomic E-state index is 0.634. The molecule has 4 nitrogen and oxygen atoms in total. The third-order valence-corrected chi connectivity index (χ3v) is 4.54. The maximum absolute atomic E-state index is 9.15. The first-order valence-corrected chi connectivity index (χ1v) is 8.83. The lowest BCUT2D eigenvalue weighted by atomic mass is 10.0. The van der Waals surface area contributed by atoms with E-state index in [1.165, 1.54) is 0 Å². The number of ether oxygens (including phenoxy) is 1. The lowest BCUT2D eigenvalue weighted by molar-refractivity contribution is 0.310. The molecule has 0 atom stereocenters. The van der Waals surface area contributed by atoms with E-state index >= 15 is 0 Å². The predicted octanol–water partition coefficient (Wildman–Crippen LogP) is 5.43. The summed E-state index contributed by atoms with van der Waals surface area (Å²) in [5.74, 6) is 0.905. The van der Waals surface area contributed by atoms with E-state index < -0.39 is 0 Å². The van der Waals surface area contributed by atoms with Gasteiger partial charge in [0, 0.05) is 10.9 Å². The van der Waals surface area contributed by atoms with E-state index in [0.717, 1.165) is 58.1 Å². The number of rotatable bonds is 5. The molecule has 0 amide bonds. The summed E-state index contributed by atoms with van der Waals surface area (Å²) in [6.45, 7) is 2.91. The van der Waals surface area contributed by atoms with Crippen LogP contribution in [-0.2, 0) is 0 Å². The highest BCUT2D eigenvalue weighted by Gasteiger charge is 2.10. The molecule has 0 saturated carbocycles. The van der Waals surface area contributed by atoms with Gasteiger partial charge < -0.3 is 4.74 Å². The molecular formula is C22H19N3O. The number of benzene rings is 3. The van der Waals surface area contributed by atoms with Gasteiger partial charge in [0.2, 0.25) is 0 Å². The fraction of sp³-hybridized carbons (Fsp3) is 0.182. The molecular weight excluding hydrogens is 322 g/mol. The van der Waals surface area contributed by atoms with Crippen molar-refractivity contribution in [1.82, 2.24) is 10.2 Å². The number of nitrogens with one attached hydrogen (secondary N) is 1. The monoisotopic (exact) mass is 341 g/mol. The molecule has 1 aromatic heterocycles. The van der Waals surface area contributed by atoms with E-state index in [4.69, 9.17) is 10.00 Å². The average Bonchev–Trinajstić information content (AvgIpc) is 3.11. The molecule has 4 aromatic rings. The number of aromatic nitrogens is 2. The van der Waals surface area contributed by atoms with Crippen LogP contribution in [0.3, 0.4) is 0 Å². The first-order chi connectivity index (χ1) is 12.8. The number of nitrogens with zero attached hydrogens (tertiary/aromatic N) is 2. The van der Waals surface area contributed by atoms with Gasteiger partial charge in [-0.3, -0.25) is 5.10 Å². The number of hydrogen-bond acceptors (Lipinski definition) is 3. The first kappa shape index (κ1) is 16.2. The SMILES string of the molecule is CCCCOc1ccc2cc(-c3n[nH]c4ccc(C#N)cc34)ccc2c1. The van der Waals surface area contributed by atoms with Crippen molar-refractivity contribution >= 4 is 21.7 Å². The summed E-state index contributed by atoms with van der Waals surface area (Å²) in [6.07, 6.45) is 2.19. The molecule has 0 spiro atoms. The Hall–Kier alpha value is -3.32. The summed E-state index contributed by atoms with van der Waals surface area (Å²) in [5, 5.41) is 19.9. The minimum atomic E-state index is 0.634. The van der Waals surface area contributed by atoms with E-state index in [2.05, 4.69) is 53.5 Å². The highest BCUT2D eigenvalue weighted by molar-refractivity contribution is 5.96. The third kappa shape index (κ3) is 3.00. The standard InChI is InChI=1S/C22H19N3O/c1-2-3-10-26-19-8-7-16-12-18(6-5-17(16)13-19)22-20-11-15(14-23)4-9-21(20)24-25-22/h4-9,11-13H,2-3,10H2,1H3,(H,24,25). The number of H-pyrrole nitrogens is 1. The van der Waals surface area contributed by atoms with Crippen molar-refractivity contribution in [2.45, 2.75) is 19.8 Å². The molecule has 0 aliphatic carbocycles. The van der Waals surface area contributed by atoms with Crippen LogP contribution in [-0.4, -0.2) is 16.8 Å².